The highest BCUT2D eigenvalue weighted by molar-refractivity contribution is 7.91. The number of hydrogen-bond acceptors (Lipinski definition) is 5. The summed E-state index contributed by atoms with van der Waals surface area (Å²) in [4.78, 5) is 0. The average molecular weight is 328 g/mol. The van der Waals surface area contributed by atoms with E-state index >= 15 is 0 Å². The second-order valence-electron chi connectivity index (χ2n) is 5.04. The van der Waals surface area contributed by atoms with Crippen LogP contribution in [0.2, 0.25) is 0 Å². The molecule has 0 aromatic carbocycles. The molecule has 0 spiro atoms. The van der Waals surface area contributed by atoms with Gasteiger partial charge in [-0.15, -0.1) is 11.3 Å². The van der Waals surface area contributed by atoms with Crippen molar-refractivity contribution in [1.82, 2.24) is 10.0 Å². The first kappa shape index (κ1) is 16.2. The van der Waals surface area contributed by atoms with Crippen LogP contribution >= 0.6 is 11.3 Å². The first-order valence-corrected chi connectivity index (χ1v) is 9.16. The molecule has 0 amide bonds. The van der Waals surface area contributed by atoms with Crippen molar-refractivity contribution in [2.45, 2.75) is 37.1 Å². The molecule has 2 heterocycles. The molecule has 0 aliphatic carbocycles. The van der Waals surface area contributed by atoms with E-state index in [9.17, 15) is 8.42 Å². The lowest BCUT2D eigenvalue weighted by atomic mass is 10.3. The first-order valence-electron chi connectivity index (χ1n) is 6.80. The topological polar surface area (TPSA) is 71.3 Å². The molecule has 0 atom stereocenters. The zero-order chi connectivity index (χ0) is 15.3. The van der Waals surface area contributed by atoms with Crippen LogP contribution in [0.15, 0.2) is 38.5 Å². The molecule has 0 unspecified atom stereocenters. The molecule has 0 radical (unpaired) electrons. The van der Waals surface area contributed by atoms with Gasteiger partial charge in [0.25, 0.3) is 0 Å². The number of thiophene rings is 1. The lowest BCUT2D eigenvalue weighted by Gasteiger charge is -2.05. The third-order valence-electron chi connectivity index (χ3n) is 2.85. The molecule has 0 saturated carbocycles. The minimum atomic E-state index is -3.43. The fourth-order valence-electron chi connectivity index (χ4n) is 1.74. The van der Waals surface area contributed by atoms with Gasteiger partial charge in [-0.2, -0.15) is 0 Å². The maximum absolute atomic E-state index is 12.2. The second-order valence-corrected chi connectivity index (χ2v) is 7.94. The SMILES string of the molecule is CC(C)NCc1csc(S(=O)(=O)NCCc2ccco2)c1. The molecule has 0 saturated heterocycles. The summed E-state index contributed by atoms with van der Waals surface area (Å²) in [6, 6.07) is 5.71. The Morgan fingerprint density at radius 1 is 1.38 bits per heavy atom. The monoisotopic (exact) mass is 328 g/mol. The van der Waals surface area contributed by atoms with Crippen LogP contribution in [0.3, 0.4) is 0 Å². The summed E-state index contributed by atoms with van der Waals surface area (Å²) < 4.78 is 32.4. The van der Waals surface area contributed by atoms with Crippen LogP contribution < -0.4 is 10.0 Å². The fourth-order valence-corrected chi connectivity index (χ4v) is 4.03. The van der Waals surface area contributed by atoms with Crippen LogP contribution in [0.4, 0.5) is 0 Å². The smallest absolute Gasteiger partial charge is 0.250 e. The van der Waals surface area contributed by atoms with E-state index in [0.29, 0.717) is 29.8 Å². The second kappa shape index (κ2) is 7.22. The zero-order valence-electron chi connectivity index (χ0n) is 12.1. The minimum Gasteiger partial charge on any atom is -0.469 e. The first-order chi connectivity index (χ1) is 9.97. The maximum atomic E-state index is 12.2. The Bertz CT molecular complexity index is 646. The van der Waals surface area contributed by atoms with Gasteiger partial charge in [-0.1, -0.05) is 13.8 Å². The molecule has 0 fully saturated rings. The van der Waals surface area contributed by atoms with Crippen LogP contribution in [0.1, 0.15) is 25.2 Å². The Hall–Kier alpha value is -1.15. The van der Waals surface area contributed by atoms with Gasteiger partial charge < -0.3 is 9.73 Å². The molecule has 2 aromatic heterocycles. The van der Waals surface area contributed by atoms with Crippen LogP contribution in [0.5, 0.6) is 0 Å². The number of rotatable bonds is 8. The molecule has 2 rings (SSSR count). The summed E-state index contributed by atoms with van der Waals surface area (Å²) in [6.07, 6.45) is 2.12. The predicted octanol–water partition coefficient (Wildman–Crippen LogP) is 2.36. The predicted molar refractivity (Wildman–Crippen MR) is 83.9 cm³/mol. The Balaban J connectivity index is 1.89. The molecule has 7 heteroatoms. The van der Waals surface area contributed by atoms with Crippen molar-refractivity contribution in [3.8, 4) is 0 Å². The molecule has 2 N–H and O–H groups in total. The molecule has 0 aliphatic rings. The highest BCUT2D eigenvalue weighted by atomic mass is 32.2. The van der Waals surface area contributed by atoms with E-state index in [1.165, 1.54) is 11.3 Å². The lowest BCUT2D eigenvalue weighted by molar-refractivity contribution is 0.506. The van der Waals surface area contributed by atoms with E-state index in [-0.39, 0.29) is 0 Å². The standard InChI is InChI=1S/C14H20N2O3S2/c1-11(2)15-9-12-8-14(20-10-12)21(17,18)16-6-5-13-4-3-7-19-13/h3-4,7-8,10-11,15-16H,5-6,9H2,1-2H3. The van der Waals surface area contributed by atoms with Gasteiger partial charge in [0.2, 0.25) is 10.0 Å². The van der Waals surface area contributed by atoms with E-state index in [0.717, 1.165) is 11.3 Å². The summed E-state index contributed by atoms with van der Waals surface area (Å²) in [5.74, 6) is 0.769. The summed E-state index contributed by atoms with van der Waals surface area (Å²) in [5, 5.41) is 5.14. The van der Waals surface area contributed by atoms with E-state index in [2.05, 4.69) is 23.9 Å². The van der Waals surface area contributed by atoms with Gasteiger partial charge in [-0.3, -0.25) is 0 Å². The van der Waals surface area contributed by atoms with Gasteiger partial charge in [0.05, 0.1) is 6.26 Å². The number of sulfonamides is 1. The van der Waals surface area contributed by atoms with Gasteiger partial charge >= 0.3 is 0 Å². The Labute approximate surface area is 129 Å². The van der Waals surface area contributed by atoms with Crippen molar-refractivity contribution >= 4 is 21.4 Å². The zero-order valence-corrected chi connectivity index (χ0v) is 13.8. The average Bonchev–Trinajstić information content (AvgIpc) is 3.07. The number of nitrogens with one attached hydrogen (secondary N) is 2. The van der Waals surface area contributed by atoms with Crippen molar-refractivity contribution < 1.29 is 12.8 Å². The summed E-state index contributed by atoms with van der Waals surface area (Å²) in [6.45, 7) is 5.11. The lowest BCUT2D eigenvalue weighted by Crippen LogP contribution is -2.25. The third-order valence-corrected chi connectivity index (χ3v) is 5.80. The van der Waals surface area contributed by atoms with Gasteiger partial charge in [0.1, 0.15) is 9.97 Å². The summed E-state index contributed by atoms with van der Waals surface area (Å²) in [5.41, 5.74) is 0.986. The van der Waals surface area contributed by atoms with Crippen LogP contribution in [-0.2, 0) is 23.0 Å². The molecule has 21 heavy (non-hydrogen) atoms. The van der Waals surface area contributed by atoms with Crippen molar-refractivity contribution in [2.24, 2.45) is 0 Å². The van der Waals surface area contributed by atoms with Gasteiger partial charge in [-0.25, -0.2) is 13.1 Å². The van der Waals surface area contributed by atoms with E-state index in [1.807, 2.05) is 11.4 Å². The third kappa shape index (κ3) is 4.96. The number of hydrogen-bond donors (Lipinski definition) is 2. The van der Waals surface area contributed by atoms with Gasteiger partial charge in [0.15, 0.2) is 0 Å². The molecule has 0 bridgehead atoms. The van der Waals surface area contributed by atoms with Crippen LogP contribution in [0.25, 0.3) is 0 Å². The quantitative estimate of drug-likeness (QED) is 0.780. The maximum Gasteiger partial charge on any atom is 0.250 e. The molecular weight excluding hydrogens is 308 g/mol. The highest BCUT2D eigenvalue weighted by Crippen LogP contribution is 2.20. The van der Waals surface area contributed by atoms with Crippen LogP contribution in [-0.4, -0.2) is 21.0 Å². The fraction of sp³-hybridized carbons (Fsp3) is 0.429. The van der Waals surface area contributed by atoms with Crippen molar-refractivity contribution in [1.29, 1.82) is 0 Å². The molecule has 5 nitrogen and oxygen atoms in total. The van der Waals surface area contributed by atoms with E-state index in [1.54, 1.807) is 18.4 Å². The van der Waals surface area contributed by atoms with Crippen LogP contribution in [0, 0.1) is 0 Å². The normalized spacial score (nSPS) is 12.1. The molecule has 116 valence electrons. The highest BCUT2D eigenvalue weighted by Gasteiger charge is 2.16. The van der Waals surface area contributed by atoms with E-state index in [4.69, 9.17) is 4.42 Å². The Morgan fingerprint density at radius 2 is 2.19 bits per heavy atom. The molecular formula is C14H20N2O3S2. The summed E-state index contributed by atoms with van der Waals surface area (Å²) in [7, 11) is -3.43. The minimum absolute atomic E-state index is 0.327. The van der Waals surface area contributed by atoms with Crippen molar-refractivity contribution in [2.75, 3.05) is 6.54 Å². The number of furan rings is 1. The largest absolute Gasteiger partial charge is 0.469 e. The van der Waals surface area contributed by atoms with Gasteiger partial charge in [-0.05, 0) is 29.1 Å². The molecule has 0 aliphatic heterocycles. The van der Waals surface area contributed by atoms with Crippen molar-refractivity contribution in [3.05, 3.63) is 41.2 Å². The Kier molecular flexibility index (Phi) is 5.58. The van der Waals surface area contributed by atoms with Gasteiger partial charge in [0, 0.05) is 25.6 Å². The molecule has 2 aromatic rings. The Morgan fingerprint density at radius 3 is 2.86 bits per heavy atom. The van der Waals surface area contributed by atoms with E-state index < -0.39 is 10.0 Å². The van der Waals surface area contributed by atoms with Crippen molar-refractivity contribution in [3.63, 3.8) is 0 Å². The summed E-state index contributed by atoms with van der Waals surface area (Å²) >= 11 is 1.24.